The van der Waals surface area contributed by atoms with Crippen LogP contribution in [0.5, 0.6) is 0 Å². The van der Waals surface area contributed by atoms with Crippen molar-refractivity contribution in [3.8, 4) is 0 Å². The van der Waals surface area contributed by atoms with Crippen molar-refractivity contribution in [1.29, 1.82) is 0 Å². The van der Waals surface area contributed by atoms with E-state index >= 15 is 0 Å². The molecule has 140 valence electrons. The van der Waals surface area contributed by atoms with Crippen LogP contribution in [0.3, 0.4) is 0 Å². The van der Waals surface area contributed by atoms with Crippen molar-refractivity contribution < 1.29 is 21.6 Å². The average Bonchev–Trinajstić information content (AvgIpc) is 2.88. The zero-order chi connectivity index (χ0) is 19.0. The molecule has 1 atom stereocenters. The highest BCUT2D eigenvalue weighted by Gasteiger charge is 2.47. The van der Waals surface area contributed by atoms with E-state index in [-0.39, 0.29) is 23.8 Å². The van der Waals surface area contributed by atoms with E-state index in [1.807, 2.05) is 0 Å². The molecule has 0 aromatic carbocycles. The summed E-state index contributed by atoms with van der Waals surface area (Å²) in [6, 6.07) is 0. The topological polar surface area (TPSA) is 114 Å². The quantitative estimate of drug-likeness (QED) is 0.725. The van der Waals surface area contributed by atoms with Crippen LogP contribution in [-0.4, -0.2) is 41.2 Å². The Balaban J connectivity index is 2.31. The van der Waals surface area contributed by atoms with Crippen molar-refractivity contribution in [3.63, 3.8) is 0 Å². The first-order chi connectivity index (χ1) is 11.4. The predicted molar refractivity (Wildman–Crippen MR) is 87.4 cm³/mol. The number of aliphatic imine (C=N–C) groups is 1. The van der Waals surface area contributed by atoms with Crippen molar-refractivity contribution >= 4 is 21.7 Å². The molecule has 25 heavy (non-hydrogen) atoms. The Morgan fingerprint density at radius 2 is 2.04 bits per heavy atom. The molecule has 1 unspecified atom stereocenters. The van der Waals surface area contributed by atoms with Crippen LogP contribution in [0, 0.1) is 6.92 Å². The lowest BCUT2D eigenvalue weighted by Gasteiger charge is -2.32. The summed E-state index contributed by atoms with van der Waals surface area (Å²) >= 11 is 0. The van der Waals surface area contributed by atoms with Gasteiger partial charge in [-0.15, -0.1) is 0 Å². The lowest BCUT2D eigenvalue weighted by atomic mass is 9.97. The number of halogens is 3. The van der Waals surface area contributed by atoms with Crippen molar-refractivity contribution in [1.82, 2.24) is 14.5 Å². The number of aromatic nitrogens is 2. The van der Waals surface area contributed by atoms with Gasteiger partial charge in [0, 0.05) is 6.20 Å². The number of hydrogen-bond acceptors (Lipinski definition) is 7. The van der Waals surface area contributed by atoms with Gasteiger partial charge in [-0.25, -0.2) is 13.4 Å². The van der Waals surface area contributed by atoms with E-state index in [4.69, 9.17) is 5.73 Å². The van der Waals surface area contributed by atoms with E-state index in [1.54, 1.807) is 6.92 Å². The molecule has 1 aliphatic heterocycles. The molecule has 1 aliphatic rings. The summed E-state index contributed by atoms with van der Waals surface area (Å²) < 4.78 is 63.6. The highest BCUT2D eigenvalue weighted by molar-refractivity contribution is 7.89. The van der Waals surface area contributed by atoms with Gasteiger partial charge in [-0.1, -0.05) is 6.92 Å². The van der Waals surface area contributed by atoms with E-state index in [2.05, 4.69) is 20.7 Å². The summed E-state index contributed by atoms with van der Waals surface area (Å²) in [6.45, 7) is 4.52. The number of nitrogens with one attached hydrogen (secondary N) is 2. The van der Waals surface area contributed by atoms with Crippen LogP contribution in [0.15, 0.2) is 23.0 Å². The normalized spacial score (nSPS) is 21.4. The molecule has 1 aromatic heterocycles. The Labute approximate surface area is 143 Å². The first-order valence-electron chi connectivity index (χ1n) is 7.42. The van der Waals surface area contributed by atoms with Crippen LogP contribution in [0.1, 0.15) is 26.0 Å². The fourth-order valence-corrected chi connectivity index (χ4v) is 2.96. The van der Waals surface area contributed by atoms with Gasteiger partial charge in [0.1, 0.15) is 5.66 Å². The number of hydrogen-bond donors (Lipinski definition) is 3. The number of anilines is 1. The fourth-order valence-electron chi connectivity index (χ4n) is 2.18. The number of rotatable bonds is 4. The third-order valence-electron chi connectivity index (χ3n) is 3.76. The molecule has 0 fully saturated rings. The van der Waals surface area contributed by atoms with Crippen molar-refractivity contribution in [2.24, 2.45) is 10.7 Å². The maximum absolute atomic E-state index is 13.1. The van der Waals surface area contributed by atoms with E-state index < -0.39 is 27.4 Å². The molecule has 0 saturated heterocycles. The lowest BCUT2D eigenvalue weighted by Crippen LogP contribution is -2.51. The number of nitrogens with two attached hydrogens (primary N) is 1. The second kappa shape index (κ2) is 6.33. The number of alkyl halides is 3. The van der Waals surface area contributed by atoms with Gasteiger partial charge in [0.25, 0.3) is 10.0 Å². The second-order valence-electron chi connectivity index (χ2n) is 5.46. The van der Waals surface area contributed by atoms with Crippen LogP contribution in [0.25, 0.3) is 0 Å². The highest BCUT2D eigenvalue weighted by Crippen LogP contribution is 2.36. The molecule has 0 spiro atoms. The van der Waals surface area contributed by atoms with Crippen LogP contribution in [-0.2, 0) is 10.0 Å². The van der Waals surface area contributed by atoms with Crippen LogP contribution < -0.4 is 16.4 Å². The van der Waals surface area contributed by atoms with E-state index in [0.717, 1.165) is 10.3 Å². The third-order valence-corrected chi connectivity index (χ3v) is 5.24. The van der Waals surface area contributed by atoms with Crippen molar-refractivity contribution in [2.45, 2.75) is 39.0 Å². The monoisotopic (exact) mass is 380 g/mol. The van der Waals surface area contributed by atoms with Gasteiger partial charge >= 0.3 is 6.18 Å². The minimum atomic E-state index is -4.62. The number of guanidine groups is 1. The zero-order valence-corrected chi connectivity index (χ0v) is 14.7. The summed E-state index contributed by atoms with van der Waals surface area (Å²) in [7, 11) is -3.58. The SMILES string of the molecule is CCC1(N)N=C(Nc2cn(S(=O)(=O)CC)nc2C)NC=C1C(F)(F)F. The molecular weight excluding hydrogens is 361 g/mol. The van der Waals surface area contributed by atoms with Gasteiger partial charge in [-0.2, -0.15) is 22.4 Å². The molecule has 0 aliphatic carbocycles. The Morgan fingerprint density at radius 1 is 1.40 bits per heavy atom. The van der Waals surface area contributed by atoms with Gasteiger partial charge in [-0.05, 0) is 20.3 Å². The lowest BCUT2D eigenvalue weighted by molar-refractivity contribution is -0.101. The van der Waals surface area contributed by atoms with Gasteiger partial charge in [0.15, 0.2) is 0 Å². The van der Waals surface area contributed by atoms with Gasteiger partial charge < -0.3 is 16.4 Å². The molecular formula is C13H19F3N6O2S. The molecule has 12 heteroatoms. The zero-order valence-electron chi connectivity index (χ0n) is 13.8. The molecule has 1 aromatic rings. The average molecular weight is 380 g/mol. The smallest absolute Gasteiger partial charge is 0.332 e. The Kier molecular flexibility index (Phi) is 4.88. The first kappa shape index (κ1) is 19.2. The van der Waals surface area contributed by atoms with Crippen LogP contribution in [0.4, 0.5) is 18.9 Å². The Hall–Kier alpha value is -2.08. The summed E-state index contributed by atoms with van der Waals surface area (Å²) in [5.41, 5.74) is 3.49. The molecule has 2 heterocycles. The second-order valence-corrected chi connectivity index (χ2v) is 7.58. The fraction of sp³-hybridized carbons (Fsp3) is 0.538. The molecule has 8 nitrogen and oxygen atoms in total. The van der Waals surface area contributed by atoms with Gasteiger partial charge in [-0.3, -0.25) is 0 Å². The van der Waals surface area contributed by atoms with Gasteiger partial charge in [0.05, 0.1) is 28.9 Å². The minimum absolute atomic E-state index is 0.0334. The summed E-state index contributed by atoms with van der Waals surface area (Å²) in [4.78, 5) is 3.91. The largest absolute Gasteiger partial charge is 0.417 e. The van der Waals surface area contributed by atoms with E-state index in [9.17, 15) is 21.6 Å². The third kappa shape index (κ3) is 3.79. The first-order valence-corrected chi connectivity index (χ1v) is 9.03. The summed E-state index contributed by atoms with van der Waals surface area (Å²) in [5, 5.41) is 9.01. The maximum atomic E-state index is 13.1. The Morgan fingerprint density at radius 3 is 2.56 bits per heavy atom. The summed E-state index contributed by atoms with van der Waals surface area (Å²) in [5.74, 6) is -0.180. The predicted octanol–water partition coefficient (Wildman–Crippen LogP) is 1.27. The Bertz CT molecular complexity index is 827. The number of nitrogens with zero attached hydrogens (tertiary/aromatic N) is 3. The van der Waals surface area contributed by atoms with Crippen LogP contribution in [0.2, 0.25) is 0 Å². The molecule has 0 bridgehead atoms. The molecule has 2 rings (SSSR count). The molecule has 0 radical (unpaired) electrons. The molecule has 0 amide bonds. The molecule has 0 saturated carbocycles. The van der Waals surface area contributed by atoms with Crippen molar-refractivity contribution in [2.75, 3.05) is 11.1 Å². The van der Waals surface area contributed by atoms with E-state index in [0.29, 0.717) is 5.69 Å². The van der Waals surface area contributed by atoms with E-state index in [1.165, 1.54) is 20.0 Å². The standard InChI is InChI=1S/C13H19F3N6O2S/c1-4-12(17)10(13(14,15)16)6-18-11(20-12)19-9-7-22(21-8(9)3)25(23,24)5-2/h6-7H,4-5,17H2,1-3H3,(H2,18,19,20). The van der Waals surface area contributed by atoms with Crippen LogP contribution >= 0.6 is 0 Å². The maximum Gasteiger partial charge on any atom is 0.417 e. The number of aryl methyl sites for hydroxylation is 1. The van der Waals surface area contributed by atoms with Gasteiger partial charge in [0.2, 0.25) is 5.96 Å². The minimum Gasteiger partial charge on any atom is -0.332 e. The highest BCUT2D eigenvalue weighted by atomic mass is 32.2. The summed E-state index contributed by atoms with van der Waals surface area (Å²) in [6.07, 6.45) is -2.72. The van der Waals surface area contributed by atoms with Crippen molar-refractivity contribution in [3.05, 3.63) is 23.7 Å². The molecule has 4 N–H and O–H groups in total.